The van der Waals surface area contributed by atoms with Crippen LogP contribution >= 0.6 is 11.3 Å². The largest absolute Gasteiger partial charge is 0.462 e. The van der Waals surface area contributed by atoms with E-state index in [1.165, 1.54) is 6.92 Å². The van der Waals surface area contributed by atoms with Crippen molar-refractivity contribution in [1.82, 2.24) is 9.78 Å². The quantitative estimate of drug-likeness (QED) is 0.550. The molecule has 33 heavy (non-hydrogen) atoms. The summed E-state index contributed by atoms with van der Waals surface area (Å²) in [6, 6.07) is 0.963. The molecule has 8 nitrogen and oxygen atoms in total. The average molecular weight is 488 g/mol. The van der Waals surface area contributed by atoms with Crippen molar-refractivity contribution in [2.24, 2.45) is 0 Å². The van der Waals surface area contributed by atoms with Crippen molar-refractivity contribution in [1.29, 1.82) is 0 Å². The summed E-state index contributed by atoms with van der Waals surface area (Å²) in [7, 11) is 0. The van der Waals surface area contributed by atoms with Crippen LogP contribution in [0.5, 0.6) is 0 Å². The minimum Gasteiger partial charge on any atom is -0.462 e. The van der Waals surface area contributed by atoms with Gasteiger partial charge in [-0.05, 0) is 52.2 Å². The third-order valence-electron chi connectivity index (χ3n) is 4.80. The third kappa shape index (κ3) is 5.73. The molecule has 0 unspecified atom stereocenters. The Morgan fingerprint density at radius 2 is 1.94 bits per heavy atom. The molecule has 1 fully saturated rings. The van der Waals surface area contributed by atoms with Gasteiger partial charge in [-0.15, -0.1) is 11.3 Å². The molecule has 2 aromatic rings. The van der Waals surface area contributed by atoms with Crippen LogP contribution in [0.1, 0.15) is 76.5 Å². The van der Waals surface area contributed by atoms with E-state index >= 15 is 0 Å². The lowest BCUT2D eigenvalue weighted by Crippen LogP contribution is -2.22. The number of alkyl halides is 3. The Kier molecular flexibility index (Phi) is 7.15. The highest BCUT2D eigenvalue weighted by Gasteiger charge is 2.38. The molecule has 2 aromatic heterocycles. The molecular weight excluding hydrogens is 463 g/mol. The fraction of sp³-hybridized carbons (Fsp3) is 0.524. The highest BCUT2D eigenvalue weighted by Crippen LogP contribution is 2.42. The maximum absolute atomic E-state index is 13.1. The van der Waals surface area contributed by atoms with Gasteiger partial charge in [-0.25, -0.2) is 9.59 Å². The lowest BCUT2D eigenvalue weighted by molar-refractivity contribution is -0.141. The minimum atomic E-state index is -4.63. The Bertz CT molecular complexity index is 1070. The molecule has 1 aliphatic carbocycles. The van der Waals surface area contributed by atoms with Gasteiger partial charge in [0.15, 0.2) is 5.69 Å². The van der Waals surface area contributed by atoms with Crippen LogP contribution in [0.3, 0.4) is 0 Å². The van der Waals surface area contributed by atoms with E-state index in [-0.39, 0.29) is 33.5 Å². The standard InChI is InChI=1S/C21H24F3N3O5S/c1-5-31-20(30)17-11(4)16(19(29)32-10(2)3)18(33-17)25-15(28)9-27-13(12-6-7-12)8-14(26-27)21(22,23)24/h8,10,12H,5-7,9H2,1-4H3,(H,25,28). The van der Waals surface area contributed by atoms with Crippen LogP contribution in [0.4, 0.5) is 18.2 Å². The van der Waals surface area contributed by atoms with Crippen LogP contribution in [0.15, 0.2) is 6.07 Å². The highest BCUT2D eigenvalue weighted by molar-refractivity contribution is 7.18. The summed E-state index contributed by atoms with van der Waals surface area (Å²) in [4.78, 5) is 37.8. The van der Waals surface area contributed by atoms with E-state index < -0.39 is 42.4 Å². The van der Waals surface area contributed by atoms with E-state index in [4.69, 9.17) is 9.47 Å². The Morgan fingerprint density at radius 3 is 2.48 bits per heavy atom. The number of ether oxygens (including phenoxy) is 2. The topological polar surface area (TPSA) is 99.5 Å². The average Bonchev–Trinajstić information content (AvgIpc) is 3.35. The van der Waals surface area contributed by atoms with Gasteiger partial charge in [0.2, 0.25) is 5.91 Å². The number of rotatable bonds is 8. The number of nitrogens with zero attached hydrogens (tertiary/aromatic N) is 2. The molecule has 0 atom stereocenters. The smallest absolute Gasteiger partial charge is 0.435 e. The van der Waals surface area contributed by atoms with Gasteiger partial charge in [0.25, 0.3) is 0 Å². The summed E-state index contributed by atoms with van der Waals surface area (Å²) in [5, 5.41) is 6.16. The number of nitrogens with one attached hydrogen (secondary N) is 1. The molecule has 0 aromatic carbocycles. The molecule has 0 radical (unpaired) electrons. The van der Waals surface area contributed by atoms with Crippen molar-refractivity contribution < 1.29 is 37.0 Å². The molecule has 0 bridgehead atoms. The van der Waals surface area contributed by atoms with E-state index in [1.807, 2.05) is 0 Å². The summed E-state index contributed by atoms with van der Waals surface area (Å²) in [6.07, 6.45) is -3.62. The van der Waals surface area contributed by atoms with Crippen LogP contribution in [0, 0.1) is 6.92 Å². The first-order chi connectivity index (χ1) is 15.4. The Morgan fingerprint density at radius 1 is 1.27 bits per heavy atom. The maximum Gasteiger partial charge on any atom is 0.435 e. The normalized spacial score (nSPS) is 13.8. The Balaban J connectivity index is 1.88. The molecule has 0 aliphatic heterocycles. The second kappa shape index (κ2) is 9.54. The maximum atomic E-state index is 13.1. The van der Waals surface area contributed by atoms with E-state index in [0.717, 1.165) is 34.9 Å². The number of hydrogen-bond donors (Lipinski definition) is 1. The molecule has 1 aliphatic rings. The summed E-state index contributed by atoms with van der Waals surface area (Å²) < 4.78 is 50.6. The van der Waals surface area contributed by atoms with Gasteiger partial charge in [0.05, 0.1) is 18.3 Å². The van der Waals surface area contributed by atoms with Crippen LogP contribution in [0.25, 0.3) is 0 Å². The number of amides is 1. The first-order valence-electron chi connectivity index (χ1n) is 10.4. The predicted molar refractivity (Wildman–Crippen MR) is 113 cm³/mol. The summed E-state index contributed by atoms with van der Waals surface area (Å²) in [5.41, 5.74) is -0.429. The monoisotopic (exact) mass is 487 g/mol. The van der Waals surface area contributed by atoms with E-state index in [9.17, 15) is 27.6 Å². The van der Waals surface area contributed by atoms with Crippen LogP contribution < -0.4 is 5.32 Å². The van der Waals surface area contributed by atoms with Crippen molar-refractivity contribution in [2.45, 2.75) is 65.3 Å². The molecule has 1 amide bonds. The summed E-state index contributed by atoms with van der Waals surface area (Å²) in [5.74, 6) is -2.15. The fourth-order valence-electron chi connectivity index (χ4n) is 3.22. The number of halogens is 3. The Labute approximate surface area is 192 Å². The molecule has 1 saturated carbocycles. The first kappa shape index (κ1) is 24.7. The van der Waals surface area contributed by atoms with Gasteiger partial charge < -0.3 is 14.8 Å². The zero-order chi connectivity index (χ0) is 24.5. The number of esters is 2. The van der Waals surface area contributed by atoms with Crippen molar-refractivity contribution in [3.63, 3.8) is 0 Å². The van der Waals surface area contributed by atoms with Gasteiger partial charge >= 0.3 is 18.1 Å². The molecule has 1 N–H and O–H groups in total. The van der Waals surface area contributed by atoms with E-state index in [0.29, 0.717) is 5.69 Å². The second-order valence-corrected chi connectivity index (χ2v) is 8.89. The number of thiophene rings is 1. The zero-order valence-electron chi connectivity index (χ0n) is 18.5. The lowest BCUT2D eigenvalue weighted by atomic mass is 10.1. The molecule has 0 spiro atoms. The van der Waals surface area contributed by atoms with E-state index in [2.05, 4.69) is 10.4 Å². The van der Waals surface area contributed by atoms with Crippen LogP contribution in [-0.2, 0) is 27.0 Å². The Hall–Kier alpha value is -2.89. The zero-order valence-corrected chi connectivity index (χ0v) is 19.4. The summed E-state index contributed by atoms with van der Waals surface area (Å²) in [6.45, 7) is 6.11. The number of carbonyl (C=O) groups excluding carboxylic acids is 3. The minimum absolute atomic E-state index is 0.00367. The molecule has 2 heterocycles. The van der Waals surface area contributed by atoms with Gasteiger partial charge in [0, 0.05) is 11.6 Å². The van der Waals surface area contributed by atoms with Crippen molar-refractivity contribution >= 4 is 34.2 Å². The molecule has 0 saturated heterocycles. The van der Waals surface area contributed by atoms with Crippen LogP contribution in [-0.4, -0.2) is 40.3 Å². The van der Waals surface area contributed by atoms with Gasteiger partial charge in [-0.3, -0.25) is 9.48 Å². The number of carbonyl (C=O) groups is 3. The highest BCUT2D eigenvalue weighted by atomic mass is 32.1. The van der Waals surface area contributed by atoms with Gasteiger partial charge in [-0.1, -0.05) is 0 Å². The lowest BCUT2D eigenvalue weighted by Gasteiger charge is -2.11. The summed E-state index contributed by atoms with van der Waals surface area (Å²) >= 11 is 0.844. The molecule has 12 heteroatoms. The predicted octanol–water partition coefficient (Wildman–Crippen LogP) is 4.53. The van der Waals surface area contributed by atoms with Crippen molar-refractivity contribution in [2.75, 3.05) is 11.9 Å². The van der Waals surface area contributed by atoms with Crippen molar-refractivity contribution in [3.05, 3.63) is 33.5 Å². The van der Waals surface area contributed by atoms with Gasteiger partial charge in [0.1, 0.15) is 16.4 Å². The first-order valence-corrected chi connectivity index (χ1v) is 11.2. The second-order valence-electron chi connectivity index (χ2n) is 7.87. The number of aromatic nitrogens is 2. The third-order valence-corrected chi connectivity index (χ3v) is 5.99. The van der Waals surface area contributed by atoms with Gasteiger partial charge in [-0.2, -0.15) is 18.3 Å². The van der Waals surface area contributed by atoms with Crippen LogP contribution in [0.2, 0.25) is 0 Å². The number of hydrogen-bond acceptors (Lipinski definition) is 7. The number of anilines is 1. The van der Waals surface area contributed by atoms with Crippen molar-refractivity contribution in [3.8, 4) is 0 Å². The van der Waals surface area contributed by atoms with E-state index in [1.54, 1.807) is 20.8 Å². The molecule has 180 valence electrons. The fourth-order valence-corrected chi connectivity index (χ4v) is 4.32. The molecule has 3 rings (SSSR count). The molecular formula is C21H24F3N3O5S. The SMILES string of the molecule is CCOC(=O)c1sc(NC(=O)Cn2nc(C(F)(F)F)cc2C2CC2)c(C(=O)OC(C)C)c1C.